The van der Waals surface area contributed by atoms with E-state index in [4.69, 9.17) is 0 Å². The van der Waals surface area contributed by atoms with Crippen LogP contribution >= 0.6 is 0 Å². The van der Waals surface area contributed by atoms with Gasteiger partial charge in [0.25, 0.3) is 0 Å². The summed E-state index contributed by atoms with van der Waals surface area (Å²) in [6.45, 7) is 0.678. The quantitative estimate of drug-likeness (QED) is 0.691. The number of halogens is 1. The van der Waals surface area contributed by atoms with Gasteiger partial charge in [0.2, 0.25) is 0 Å². The van der Waals surface area contributed by atoms with Gasteiger partial charge in [-0.3, -0.25) is 0 Å². The Morgan fingerprint density at radius 2 is 2.00 bits per heavy atom. The number of fused-ring (bicyclic) bond motifs is 1. The predicted molar refractivity (Wildman–Crippen MR) is 69.2 cm³/mol. The number of aromatic nitrogens is 2. The zero-order valence-corrected chi connectivity index (χ0v) is 12.9. The summed E-state index contributed by atoms with van der Waals surface area (Å²) in [5.41, 5.74) is 0.137. The maximum absolute atomic E-state index is 13.4. The third kappa shape index (κ3) is 3.18. The number of hydrogen-bond donors (Lipinski definition) is 0. The van der Waals surface area contributed by atoms with E-state index in [1.54, 1.807) is 0 Å². The molecule has 0 atom stereocenters. The second kappa shape index (κ2) is 5.64. The van der Waals surface area contributed by atoms with Gasteiger partial charge >= 0.3 is 116 Å². The Labute approximate surface area is 116 Å². The first-order valence-corrected chi connectivity index (χ1v) is 8.38. The molecule has 6 nitrogen and oxygen atoms in total. The van der Waals surface area contributed by atoms with Crippen LogP contribution < -0.4 is 4.72 Å². The predicted octanol–water partition coefficient (Wildman–Crippen LogP) is -0.319. The van der Waals surface area contributed by atoms with Gasteiger partial charge in [-0.2, -0.15) is 0 Å². The summed E-state index contributed by atoms with van der Waals surface area (Å²) >= 11 is -0.488. The third-order valence-corrected chi connectivity index (χ3v) is 4.93. The van der Waals surface area contributed by atoms with Crippen molar-refractivity contribution in [1.82, 2.24) is 17.6 Å². The number of nitrogens with zero attached hydrogens (tertiary/aromatic N) is 4. The van der Waals surface area contributed by atoms with Crippen LogP contribution in [-0.2, 0) is 10.0 Å². The van der Waals surface area contributed by atoms with E-state index in [-0.39, 0.29) is 22.5 Å². The van der Waals surface area contributed by atoms with E-state index in [2.05, 4.69) is 12.7 Å². The van der Waals surface area contributed by atoms with Gasteiger partial charge in [0.05, 0.1) is 0 Å². The Morgan fingerprint density at radius 3 is 2.68 bits per heavy atom. The van der Waals surface area contributed by atoms with Crippen molar-refractivity contribution in [1.29, 1.82) is 0 Å². The molecule has 0 N–H and O–H groups in total. The van der Waals surface area contributed by atoms with E-state index >= 15 is 0 Å². The molecule has 1 aromatic heterocycles. The molecular weight excluding hydrogens is 338 g/mol. The minimum atomic E-state index is -3.81. The molecule has 0 unspecified atom stereocenters. The standard InChI is InChI=1S/C10H12FN4O2SSe/c1-15(2)6-5-12-18(16,17)8-4-3-7(11)9-10(8)14-19-13-9/h3-4H,5-6H2,1-2H3. The molecule has 0 amide bonds. The van der Waals surface area contributed by atoms with E-state index in [0.717, 1.165) is 6.07 Å². The third-order valence-electron chi connectivity index (χ3n) is 2.42. The molecule has 0 aliphatic rings. The summed E-state index contributed by atoms with van der Waals surface area (Å²) < 4.78 is 49.2. The van der Waals surface area contributed by atoms with Crippen LogP contribution in [0.25, 0.3) is 11.0 Å². The fraction of sp³-hybridized carbons (Fsp3) is 0.400. The molecule has 1 heterocycles. The molecule has 2 aromatic rings. The summed E-state index contributed by atoms with van der Waals surface area (Å²) in [7, 11) is -0.154. The van der Waals surface area contributed by atoms with E-state index in [9.17, 15) is 12.8 Å². The van der Waals surface area contributed by atoms with Crippen molar-refractivity contribution in [3.8, 4) is 0 Å². The number of sulfonamides is 1. The van der Waals surface area contributed by atoms with Crippen LogP contribution in [-0.4, -0.2) is 63.4 Å². The van der Waals surface area contributed by atoms with Crippen LogP contribution in [0.5, 0.6) is 0 Å². The van der Waals surface area contributed by atoms with Crippen LogP contribution in [0.15, 0.2) is 17.0 Å². The molecule has 0 fully saturated rings. The molecule has 0 aliphatic carbocycles. The van der Waals surface area contributed by atoms with Crippen LogP contribution in [0, 0.1) is 5.82 Å². The number of hydrogen-bond acceptors (Lipinski definition) is 5. The summed E-state index contributed by atoms with van der Waals surface area (Å²) in [5, 5.41) is 0. The normalized spacial score (nSPS) is 12.4. The fourth-order valence-corrected chi connectivity index (χ4v) is 3.85. The van der Waals surface area contributed by atoms with E-state index in [1.807, 2.05) is 19.0 Å². The molecule has 19 heavy (non-hydrogen) atoms. The molecule has 0 aliphatic heterocycles. The van der Waals surface area contributed by atoms with Gasteiger partial charge in [-0.15, -0.1) is 0 Å². The second-order valence-corrected chi connectivity index (χ2v) is 6.89. The first kappa shape index (κ1) is 14.5. The molecule has 9 heteroatoms. The van der Waals surface area contributed by atoms with Crippen LogP contribution in [0.1, 0.15) is 0 Å². The summed E-state index contributed by atoms with van der Waals surface area (Å²) in [4.78, 5) is 1.77. The molecule has 1 radical (unpaired) electrons. The molecule has 2 rings (SSSR count). The molecule has 1 aromatic carbocycles. The van der Waals surface area contributed by atoms with Crippen molar-refractivity contribution < 1.29 is 12.8 Å². The van der Waals surface area contributed by atoms with Crippen LogP contribution in [0.4, 0.5) is 4.39 Å². The zero-order chi connectivity index (χ0) is 14.0. The summed E-state index contributed by atoms with van der Waals surface area (Å²) in [6, 6.07) is 2.29. The number of benzene rings is 1. The van der Waals surface area contributed by atoms with Gasteiger partial charge in [-0.25, -0.2) is 0 Å². The van der Waals surface area contributed by atoms with Gasteiger partial charge in [0.1, 0.15) is 0 Å². The molecule has 103 valence electrons. The van der Waals surface area contributed by atoms with Gasteiger partial charge in [0.15, 0.2) is 0 Å². The van der Waals surface area contributed by atoms with Crippen molar-refractivity contribution >= 4 is 36.0 Å². The Kier molecular flexibility index (Phi) is 4.32. The molecule has 0 bridgehead atoms. The summed E-state index contributed by atoms with van der Waals surface area (Å²) in [5.74, 6) is -0.551. The van der Waals surface area contributed by atoms with Gasteiger partial charge < -0.3 is 0 Å². The monoisotopic (exact) mass is 351 g/mol. The minimum absolute atomic E-state index is 0.0314. The van der Waals surface area contributed by atoms with Crippen molar-refractivity contribution in [2.45, 2.75) is 4.90 Å². The molecular formula is C10H12FN4O2SSe. The second-order valence-electron chi connectivity index (χ2n) is 4.14. The van der Waals surface area contributed by atoms with Crippen molar-refractivity contribution in [3.05, 3.63) is 17.9 Å². The van der Waals surface area contributed by atoms with Crippen molar-refractivity contribution in [2.75, 3.05) is 27.2 Å². The van der Waals surface area contributed by atoms with Crippen molar-refractivity contribution in [2.24, 2.45) is 0 Å². The Bertz CT molecular complexity index is 686. The molecule has 0 saturated carbocycles. The first-order valence-electron chi connectivity index (χ1n) is 5.41. The van der Waals surface area contributed by atoms with Gasteiger partial charge in [-0.05, 0) is 0 Å². The van der Waals surface area contributed by atoms with E-state index in [0.29, 0.717) is 6.54 Å². The first-order chi connectivity index (χ1) is 8.92. The molecule has 0 spiro atoms. The van der Waals surface area contributed by atoms with Gasteiger partial charge in [-0.1, -0.05) is 0 Å². The van der Waals surface area contributed by atoms with Gasteiger partial charge in [0, 0.05) is 0 Å². The average Bonchev–Trinajstić information content (AvgIpc) is 2.77. The average molecular weight is 350 g/mol. The Balaban J connectivity index is 2.33. The Hall–Kier alpha value is -0.861. The zero-order valence-electron chi connectivity index (χ0n) is 10.4. The number of rotatable bonds is 5. The molecule has 0 saturated heterocycles. The number of likely N-dealkylation sites (N-methyl/N-ethyl adjacent to an activating group) is 1. The maximum atomic E-state index is 13.4. The van der Waals surface area contributed by atoms with Crippen LogP contribution in [0.3, 0.4) is 0 Å². The fourth-order valence-electron chi connectivity index (χ4n) is 1.45. The Morgan fingerprint density at radius 1 is 1.32 bits per heavy atom. The van der Waals surface area contributed by atoms with Crippen LogP contribution in [0.2, 0.25) is 0 Å². The topological polar surface area (TPSA) is 77.3 Å². The van der Waals surface area contributed by atoms with E-state index < -0.39 is 30.8 Å². The summed E-state index contributed by atoms with van der Waals surface area (Å²) in [6.07, 6.45) is 0. The van der Waals surface area contributed by atoms with E-state index in [1.165, 1.54) is 6.07 Å². The van der Waals surface area contributed by atoms with Crippen molar-refractivity contribution in [3.63, 3.8) is 0 Å². The SMILES string of the molecule is CN(C)CC[N]S(=O)(=O)c1ccc(F)c2n[se]nc12.